The number of hydrogen-bond donors (Lipinski definition) is 1. The molecule has 2 heterocycles. The fourth-order valence-electron chi connectivity index (χ4n) is 1.95. The van der Waals surface area contributed by atoms with Gasteiger partial charge in [0.1, 0.15) is 23.9 Å². The van der Waals surface area contributed by atoms with Crippen molar-refractivity contribution < 1.29 is 14.3 Å². The molecule has 0 aliphatic heterocycles. The Balaban J connectivity index is 1.49. The molecule has 0 fully saturated rings. The number of esters is 1. The largest absolute Gasteiger partial charge is 0.457 e. The molecule has 3 aromatic rings. The Morgan fingerprint density at radius 2 is 2.08 bits per heavy atom. The number of benzene rings is 1. The Labute approximate surface area is 146 Å². The Kier molecular flexibility index (Phi) is 5.02. The van der Waals surface area contributed by atoms with Crippen LogP contribution in [-0.2, 0) is 16.1 Å². The Hall–Kier alpha value is -2.51. The molecule has 3 rings (SSSR count). The van der Waals surface area contributed by atoms with E-state index >= 15 is 0 Å². The molecule has 122 valence electrons. The third-order valence-corrected chi connectivity index (χ3v) is 4.29. The summed E-state index contributed by atoms with van der Waals surface area (Å²) in [5.41, 5.74) is 1.01. The standard InChI is InChI=1S/C16H12ClN3O3S/c17-10-5-6-18-12(7-10)16(22)19-8-15(21)23-9-14-20-11-3-1-2-4-13(11)24-14/h1-7H,8-9H2,(H,19,22). The van der Waals surface area contributed by atoms with E-state index in [2.05, 4.69) is 15.3 Å². The molecule has 1 aromatic carbocycles. The Morgan fingerprint density at radius 1 is 1.25 bits per heavy atom. The number of ether oxygens (including phenoxy) is 1. The lowest BCUT2D eigenvalue weighted by Crippen LogP contribution is -2.31. The average Bonchev–Trinajstić information content (AvgIpc) is 3.00. The van der Waals surface area contributed by atoms with Crippen molar-refractivity contribution in [2.24, 2.45) is 0 Å². The molecule has 0 spiro atoms. The quantitative estimate of drug-likeness (QED) is 0.707. The molecule has 0 radical (unpaired) electrons. The maximum Gasteiger partial charge on any atom is 0.325 e. The van der Waals surface area contributed by atoms with Crippen molar-refractivity contribution in [3.05, 3.63) is 58.3 Å². The van der Waals surface area contributed by atoms with Crippen molar-refractivity contribution in [1.82, 2.24) is 15.3 Å². The van der Waals surface area contributed by atoms with Crippen LogP contribution in [0.3, 0.4) is 0 Å². The molecule has 8 heteroatoms. The van der Waals surface area contributed by atoms with Crippen molar-refractivity contribution >= 4 is 45.0 Å². The van der Waals surface area contributed by atoms with Gasteiger partial charge in [0.2, 0.25) is 0 Å². The van der Waals surface area contributed by atoms with Gasteiger partial charge in [-0.15, -0.1) is 11.3 Å². The second kappa shape index (κ2) is 7.37. The molecular weight excluding hydrogens is 350 g/mol. The normalized spacial score (nSPS) is 10.5. The lowest BCUT2D eigenvalue weighted by Gasteiger charge is -2.05. The highest BCUT2D eigenvalue weighted by Crippen LogP contribution is 2.21. The lowest BCUT2D eigenvalue weighted by molar-refractivity contribution is -0.143. The van der Waals surface area contributed by atoms with E-state index in [1.165, 1.54) is 23.6 Å². The number of amides is 1. The number of para-hydroxylation sites is 1. The monoisotopic (exact) mass is 361 g/mol. The summed E-state index contributed by atoms with van der Waals surface area (Å²) in [5.74, 6) is -1.04. The van der Waals surface area contributed by atoms with Crippen LogP contribution in [0.25, 0.3) is 10.2 Å². The van der Waals surface area contributed by atoms with Gasteiger partial charge in [-0.1, -0.05) is 23.7 Å². The minimum atomic E-state index is -0.551. The summed E-state index contributed by atoms with van der Waals surface area (Å²) < 4.78 is 6.15. The Morgan fingerprint density at radius 3 is 2.88 bits per heavy atom. The molecule has 24 heavy (non-hydrogen) atoms. The number of nitrogens with zero attached hydrogens (tertiary/aromatic N) is 2. The van der Waals surface area contributed by atoms with E-state index in [0.29, 0.717) is 10.0 Å². The summed E-state index contributed by atoms with van der Waals surface area (Å²) in [6, 6.07) is 10.7. The summed E-state index contributed by atoms with van der Waals surface area (Å²) in [5, 5.41) is 3.54. The molecule has 0 aliphatic rings. The van der Waals surface area contributed by atoms with Gasteiger partial charge >= 0.3 is 5.97 Å². The number of fused-ring (bicyclic) bond motifs is 1. The molecule has 0 atom stereocenters. The predicted molar refractivity (Wildman–Crippen MR) is 91.0 cm³/mol. The van der Waals surface area contributed by atoms with Gasteiger partial charge in [-0.05, 0) is 24.3 Å². The predicted octanol–water partition coefficient (Wildman–Crippen LogP) is 2.82. The van der Waals surface area contributed by atoms with Gasteiger partial charge in [-0.3, -0.25) is 14.6 Å². The minimum Gasteiger partial charge on any atom is -0.457 e. The van der Waals surface area contributed by atoms with E-state index in [-0.39, 0.29) is 18.8 Å². The van der Waals surface area contributed by atoms with E-state index in [4.69, 9.17) is 16.3 Å². The molecule has 0 saturated carbocycles. The number of hydrogen-bond acceptors (Lipinski definition) is 6. The van der Waals surface area contributed by atoms with Gasteiger partial charge in [-0.2, -0.15) is 0 Å². The fourth-order valence-corrected chi connectivity index (χ4v) is 2.99. The SMILES string of the molecule is O=C(CNC(=O)c1cc(Cl)ccn1)OCc1nc2ccccc2s1. The highest BCUT2D eigenvalue weighted by molar-refractivity contribution is 7.18. The number of carbonyl (C=O) groups is 2. The highest BCUT2D eigenvalue weighted by atomic mass is 35.5. The fraction of sp³-hybridized carbons (Fsp3) is 0.125. The summed E-state index contributed by atoms with van der Waals surface area (Å²) in [4.78, 5) is 31.8. The number of thiazole rings is 1. The molecular formula is C16H12ClN3O3S. The molecule has 0 aliphatic carbocycles. The smallest absolute Gasteiger partial charge is 0.325 e. The number of aromatic nitrogens is 2. The number of halogens is 1. The first kappa shape index (κ1) is 16.4. The van der Waals surface area contributed by atoms with Crippen molar-refractivity contribution in [2.75, 3.05) is 6.54 Å². The summed E-state index contributed by atoms with van der Waals surface area (Å²) in [6.45, 7) is -0.179. The average molecular weight is 362 g/mol. The number of pyridine rings is 1. The highest BCUT2D eigenvalue weighted by Gasteiger charge is 2.11. The van der Waals surface area contributed by atoms with Gasteiger partial charge in [0.15, 0.2) is 0 Å². The van der Waals surface area contributed by atoms with E-state index < -0.39 is 11.9 Å². The molecule has 0 bridgehead atoms. The Bertz CT molecular complexity index is 864. The van der Waals surface area contributed by atoms with Crippen LogP contribution in [0.4, 0.5) is 0 Å². The van der Waals surface area contributed by atoms with Crippen LogP contribution in [0.1, 0.15) is 15.5 Å². The van der Waals surface area contributed by atoms with Gasteiger partial charge < -0.3 is 10.1 Å². The van der Waals surface area contributed by atoms with Crippen molar-refractivity contribution in [2.45, 2.75) is 6.61 Å². The van der Waals surface area contributed by atoms with Crippen LogP contribution in [0, 0.1) is 0 Å². The van der Waals surface area contributed by atoms with Gasteiger partial charge in [0.05, 0.1) is 10.2 Å². The second-order valence-electron chi connectivity index (χ2n) is 4.78. The third kappa shape index (κ3) is 4.06. The maximum atomic E-state index is 11.8. The van der Waals surface area contributed by atoms with Crippen LogP contribution < -0.4 is 5.32 Å². The summed E-state index contributed by atoms with van der Waals surface area (Å²) in [7, 11) is 0. The third-order valence-electron chi connectivity index (χ3n) is 3.04. The molecule has 1 amide bonds. The molecule has 6 nitrogen and oxygen atoms in total. The van der Waals surface area contributed by atoms with Crippen LogP contribution >= 0.6 is 22.9 Å². The molecule has 2 aromatic heterocycles. The van der Waals surface area contributed by atoms with Crippen molar-refractivity contribution in [1.29, 1.82) is 0 Å². The van der Waals surface area contributed by atoms with Gasteiger partial charge in [0, 0.05) is 11.2 Å². The number of carbonyl (C=O) groups excluding carboxylic acids is 2. The first-order valence-electron chi connectivity index (χ1n) is 7.01. The zero-order valence-electron chi connectivity index (χ0n) is 12.4. The van der Waals surface area contributed by atoms with Crippen LogP contribution in [0.15, 0.2) is 42.6 Å². The van der Waals surface area contributed by atoms with Crippen LogP contribution in [0.5, 0.6) is 0 Å². The maximum absolute atomic E-state index is 11.8. The number of nitrogens with one attached hydrogen (secondary N) is 1. The van der Waals surface area contributed by atoms with Crippen molar-refractivity contribution in [3.8, 4) is 0 Å². The first-order valence-corrected chi connectivity index (χ1v) is 8.21. The first-order chi connectivity index (χ1) is 11.6. The van der Waals surface area contributed by atoms with E-state index in [9.17, 15) is 9.59 Å². The lowest BCUT2D eigenvalue weighted by atomic mass is 10.3. The van der Waals surface area contributed by atoms with E-state index in [1.54, 1.807) is 6.07 Å². The van der Waals surface area contributed by atoms with Crippen molar-refractivity contribution in [3.63, 3.8) is 0 Å². The molecule has 1 N–H and O–H groups in total. The van der Waals surface area contributed by atoms with E-state index in [1.807, 2.05) is 24.3 Å². The zero-order chi connectivity index (χ0) is 16.9. The topological polar surface area (TPSA) is 81.2 Å². The second-order valence-corrected chi connectivity index (χ2v) is 6.33. The number of rotatable bonds is 5. The van der Waals surface area contributed by atoms with Gasteiger partial charge in [-0.25, -0.2) is 4.98 Å². The van der Waals surface area contributed by atoms with E-state index in [0.717, 1.165) is 10.2 Å². The minimum absolute atomic E-state index is 0.0729. The molecule has 0 saturated heterocycles. The zero-order valence-corrected chi connectivity index (χ0v) is 13.9. The van der Waals surface area contributed by atoms with Gasteiger partial charge in [0.25, 0.3) is 5.91 Å². The molecule has 0 unspecified atom stereocenters. The van der Waals surface area contributed by atoms with Crippen LogP contribution in [0.2, 0.25) is 5.02 Å². The van der Waals surface area contributed by atoms with Crippen LogP contribution in [-0.4, -0.2) is 28.4 Å². The summed E-state index contributed by atoms with van der Waals surface area (Å²) in [6.07, 6.45) is 1.42. The summed E-state index contributed by atoms with van der Waals surface area (Å²) >= 11 is 7.25.